The highest BCUT2D eigenvalue weighted by atomic mass is 127. The van der Waals surface area contributed by atoms with Crippen LogP contribution in [0.3, 0.4) is 0 Å². The Morgan fingerprint density at radius 3 is 2.12 bits per heavy atom. The predicted octanol–water partition coefficient (Wildman–Crippen LogP) is 6.92. The number of hydrogen-bond donors (Lipinski definition) is 0. The molecule has 2 nitrogen and oxygen atoms in total. The molecule has 0 saturated carbocycles. The van der Waals surface area contributed by atoms with Crippen LogP contribution in [0.4, 0.5) is 0 Å². The first-order chi connectivity index (χ1) is 11.8. The standard InChI is InChI=1S/C19H32IO2PS/c1-3-21-19(22-4-2)16-12-7-5-6-8-13-17-24-23(20)18-14-10-9-11-15-18/h9-11,14-15,19H,3-8,12-13,16-17H2,1-2H3. The van der Waals surface area contributed by atoms with E-state index in [0.29, 0.717) is 0 Å². The zero-order valence-electron chi connectivity index (χ0n) is 15.1. The molecule has 0 spiro atoms. The van der Waals surface area contributed by atoms with Gasteiger partial charge in [0.1, 0.15) is 0 Å². The Kier molecular flexibility index (Phi) is 15.0. The molecule has 0 amide bonds. The molecule has 0 aromatic heterocycles. The number of halogens is 1. The zero-order valence-corrected chi connectivity index (χ0v) is 19.0. The van der Waals surface area contributed by atoms with Crippen LogP contribution >= 0.6 is 38.2 Å². The summed E-state index contributed by atoms with van der Waals surface area (Å²) in [5, 5.41) is 1.50. The molecule has 138 valence electrons. The number of unbranched alkanes of at least 4 members (excludes halogenated alkanes) is 5. The topological polar surface area (TPSA) is 18.5 Å². The van der Waals surface area contributed by atoms with Crippen molar-refractivity contribution in [1.29, 1.82) is 0 Å². The molecule has 0 aliphatic heterocycles. The first kappa shape index (κ1) is 22.7. The largest absolute Gasteiger partial charge is 0.353 e. The number of benzene rings is 1. The van der Waals surface area contributed by atoms with Gasteiger partial charge in [-0.1, -0.05) is 56.0 Å². The monoisotopic (exact) mass is 482 g/mol. The van der Waals surface area contributed by atoms with Crippen molar-refractivity contribution in [2.24, 2.45) is 0 Å². The van der Waals surface area contributed by atoms with E-state index in [2.05, 4.69) is 63.8 Å². The molecule has 1 aromatic carbocycles. The lowest BCUT2D eigenvalue weighted by Gasteiger charge is -2.16. The Morgan fingerprint density at radius 1 is 0.917 bits per heavy atom. The molecule has 1 rings (SSSR count). The van der Waals surface area contributed by atoms with Crippen LogP contribution in [0.2, 0.25) is 0 Å². The minimum Gasteiger partial charge on any atom is -0.353 e. The Morgan fingerprint density at radius 2 is 1.50 bits per heavy atom. The molecule has 0 radical (unpaired) electrons. The van der Waals surface area contributed by atoms with E-state index in [1.165, 1.54) is 49.6 Å². The van der Waals surface area contributed by atoms with Gasteiger partial charge in [-0.05, 0) is 66.2 Å². The van der Waals surface area contributed by atoms with Gasteiger partial charge in [0.25, 0.3) is 0 Å². The lowest BCUT2D eigenvalue weighted by Crippen LogP contribution is -2.17. The summed E-state index contributed by atoms with van der Waals surface area (Å²) < 4.78 is 11.1. The summed E-state index contributed by atoms with van der Waals surface area (Å²) in [6.07, 6.45) is 8.97. The normalized spacial score (nSPS) is 12.7. The fraction of sp³-hybridized carbons (Fsp3) is 0.684. The Labute approximate surface area is 166 Å². The number of ether oxygens (including phenoxy) is 2. The average Bonchev–Trinajstić information content (AvgIpc) is 2.61. The van der Waals surface area contributed by atoms with Crippen LogP contribution < -0.4 is 5.30 Å². The van der Waals surface area contributed by atoms with E-state index >= 15 is 0 Å². The van der Waals surface area contributed by atoms with Crippen molar-refractivity contribution in [2.45, 2.75) is 65.1 Å². The third-order valence-corrected chi connectivity index (χ3v) is 11.1. The summed E-state index contributed by atoms with van der Waals surface area (Å²) in [5.41, 5.74) is 0. The van der Waals surface area contributed by atoms with Crippen LogP contribution in [-0.4, -0.2) is 25.3 Å². The fourth-order valence-electron chi connectivity index (χ4n) is 2.47. The molecule has 0 bridgehead atoms. The Bertz CT molecular complexity index is 388. The summed E-state index contributed by atoms with van der Waals surface area (Å²) in [6, 6.07) is 10.9. The van der Waals surface area contributed by atoms with E-state index in [1.54, 1.807) is 0 Å². The van der Waals surface area contributed by atoms with E-state index in [1.807, 2.05) is 13.8 Å². The highest BCUT2D eigenvalue weighted by molar-refractivity contribution is 14.2. The van der Waals surface area contributed by atoms with Gasteiger partial charge >= 0.3 is 0 Å². The van der Waals surface area contributed by atoms with Crippen molar-refractivity contribution in [2.75, 3.05) is 19.0 Å². The average molecular weight is 482 g/mol. The van der Waals surface area contributed by atoms with Crippen molar-refractivity contribution in [3.05, 3.63) is 30.3 Å². The van der Waals surface area contributed by atoms with Crippen molar-refractivity contribution >= 4 is 43.5 Å². The van der Waals surface area contributed by atoms with Gasteiger partial charge in [-0.2, -0.15) is 0 Å². The molecule has 0 saturated heterocycles. The molecule has 0 fully saturated rings. The van der Waals surface area contributed by atoms with E-state index in [0.717, 1.165) is 19.6 Å². The minimum atomic E-state index is -0.0619. The molecule has 0 heterocycles. The van der Waals surface area contributed by atoms with Crippen molar-refractivity contribution in [1.82, 2.24) is 0 Å². The molecule has 5 heteroatoms. The zero-order chi connectivity index (χ0) is 17.5. The van der Waals surface area contributed by atoms with Crippen molar-refractivity contribution < 1.29 is 9.47 Å². The van der Waals surface area contributed by atoms with E-state index in [9.17, 15) is 0 Å². The fourth-order valence-corrected chi connectivity index (χ4v) is 7.94. The molecule has 1 aromatic rings. The highest BCUT2D eigenvalue weighted by Gasteiger charge is 2.07. The first-order valence-electron chi connectivity index (χ1n) is 9.15. The number of rotatable bonds is 15. The molecule has 1 unspecified atom stereocenters. The summed E-state index contributed by atoms with van der Waals surface area (Å²) in [7, 11) is 0. The molecule has 24 heavy (non-hydrogen) atoms. The van der Waals surface area contributed by atoms with Gasteiger partial charge < -0.3 is 9.47 Å². The summed E-state index contributed by atoms with van der Waals surface area (Å²) in [5.74, 6) is 1.29. The number of hydrogen-bond acceptors (Lipinski definition) is 3. The molecule has 1 atom stereocenters. The Balaban J connectivity index is 1.93. The van der Waals surface area contributed by atoms with E-state index < -0.39 is 0 Å². The first-order valence-corrected chi connectivity index (χ1v) is 14.9. The maximum atomic E-state index is 5.58. The highest BCUT2D eigenvalue weighted by Crippen LogP contribution is 2.56. The van der Waals surface area contributed by atoms with Gasteiger partial charge in [-0.25, -0.2) is 0 Å². The van der Waals surface area contributed by atoms with Gasteiger partial charge in [0.05, 0.1) is 0 Å². The van der Waals surface area contributed by atoms with Crippen molar-refractivity contribution in [3.63, 3.8) is 0 Å². The van der Waals surface area contributed by atoms with Gasteiger partial charge in [-0.15, -0.1) is 11.4 Å². The quantitative estimate of drug-likeness (QED) is 0.117. The summed E-state index contributed by atoms with van der Waals surface area (Å²) in [6.45, 7) is 5.54. The third-order valence-electron chi connectivity index (χ3n) is 3.70. The van der Waals surface area contributed by atoms with Crippen LogP contribution in [0.1, 0.15) is 58.8 Å². The van der Waals surface area contributed by atoms with Gasteiger partial charge in [-0.3, -0.25) is 0 Å². The Hall–Kier alpha value is 0.650. The lowest BCUT2D eigenvalue weighted by atomic mass is 10.1. The second-order valence-electron chi connectivity index (χ2n) is 5.66. The molecule has 0 N–H and O–H groups in total. The van der Waals surface area contributed by atoms with E-state index in [-0.39, 0.29) is 11.1 Å². The smallest absolute Gasteiger partial charge is 0.157 e. The SMILES string of the molecule is CCOC(CCCCCCCCSP(I)c1ccccc1)OCC. The molecular weight excluding hydrogens is 450 g/mol. The maximum absolute atomic E-state index is 5.58. The van der Waals surface area contributed by atoms with Gasteiger partial charge in [0.15, 0.2) is 6.29 Å². The van der Waals surface area contributed by atoms with Crippen LogP contribution in [0.15, 0.2) is 30.3 Å². The van der Waals surface area contributed by atoms with Crippen molar-refractivity contribution in [3.8, 4) is 0 Å². The van der Waals surface area contributed by atoms with Crippen LogP contribution in [0.5, 0.6) is 0 Å². The van der Waals surface area contributed by atoms with Gasteiger partial charge in [0, 0.05) is 18.0 Å². The third kappa shape index (κ3) is 11.3. The van der Waals surface area contributed by atoms with Crippen LogP contribution in [0, 0.1) is 0 Å². The van der Waals surface area contributed by atoms with Gasteiger partial charge in [0.2, 0.25) is 0 Å². The maximum Gasteiger partial charge on any atom is 0.157 e. The lowest BCUT2D eigenvalue weighted by molar-refractivity contribution is -0.140. The molecular formula is C19H32IO2PS. The van der Waals surface area contributed by atoms with E-state index in [4.69, 9.17) is 9.47 Å². The molecule has 0 aliphatic carbocycles. The second-order valence-corrected chi connectivity index (χ2v) is 14.1. The summed E-state index contributed by atoms with van der Waals surface area (Å²) in [4.78, 5) is 0. The molecule has 0 aliphatic rings. The van der Waals surface area contributed by atoms with Crippen LogP contribution in [0.25, 0.3) is 0 Å². The minimum absolute atomic E-state index is 0.0114. The predicted molar refractivity (Wildman–Crippen MR) is 119 cm³/mol. The van der Waals surface area contributed by atoms with Crippen LogP contribution in [-0.2, 0) is 9.47 Å². The summed E-state index contributed by atoms with van der Waals surface area (Å²) >= 11 is 4.74. The second kappa shape index (κ2) is 15.9.